The number of nitrogens with one attached hydrogen (secondary N) is 1. The normalized spacial score (nSPS) is 10.2. The summed E-state index contributed by atoms with van der Waals surface area (Å²) in [4.78, 5) is 14.3. The fourth-order valence-corrected chi connectivity index (χ4v) is 1.49. The summed E-state index contributed by atoms with van der Waals surface area (Å²) in [5.41, 5.74) is 2.39. The number of hydrogen-bond donors (Lipinski definition) is 1. The van der Waals surface area contributed by atoms with Crippen LogP contribution in [0.15, 0.2) is 30.8 Å². The first-order chi connectivity index (χ1) is 7.24. The fraction of sp³-hybridized carbons (Fsp3) is 0.0833. The first-order valence-electron chi connectivity index (χ1n) is 4.58. The zero-order chi connectivity index (χ0) is 10.8. The Morgan fingerprint density at radius 3 is 2.93 bits per heavy atom. The number of H-pyrrole nitrogens is 1. The summed E-state index contributed by atoms with van der Waals surface area (Å²) in [6.07, 6.45) is 1.76. The number of carbonyl (C=O) groups excluding carboxylic acids is 1. The molecule has 0 aliphatic carbocycles. The van der Waals surface area contributed by atoms with Gasteiger partial charge in [-0.15, -0.1) is 0 Å². The van der Waals surface area contributed by atoms with Gasteiger partial charge in [-0.2, -0.15) is 0 Å². The molecule has 0 spiro atoms. The van der Waals surface area contributed by atoms with Gasteiger partial charge >= 0.3 is 5.97 Å². The highest BCUT2D eigenvalue weighted by molar-refractivity contribution is 5.95. The number of aromatic amines is 1. The Kier molecular flexibility index (Phi) is 2.29. The van der Waals surface area contributed by atoms with Gasteiger partial charge in [-0.25, -0.2) is 4.79 Å². The summed E-state index contributed by atoms with van der Waals surface area (Å²) in [7, 11) is 1.36. The number of fused-ring (bicyclic) bond motifs is 1. The number of benzene rings is 1. The van der Waals surface area contributed by atoms with Gasteiger partial charge in [0, 0.05) is 10.9 Å². The van der Waals surface area contributed by atoms with E-state index in [1.807, 2.05) is 18.2 Å². The number of methoxy groups -OCH3 is 1. The SMILES string of the molecule is C=Cc1ccc2cc(C(=O)OC)[nH]c2c1. The van der Waals surface area contributed by atoms with Crippen LogP contribution in [0.5, 0.6) is 0 Å². The highest BCUT2D eigenvalue weighted by atomic mass is 16.5. The molecule has 1 aromatic heterocycles. The number of esters is 1. The van der Waals surface area contributed by atoms with Gasteiger partial charge in [-0.1, -0.05) is 24.8 Å². The third kappa shape index (κ3) is 1.64. The number of aromatic nitrogens is 1. The highest BCUT2D eigenvalue weighted by Gasteiger charge is 2.08. The Balaban J connectivity index is 2.55. The maximum absolute atomic E-state index is 11.3. The quantitative estimate of drug-likeness (QED) is 0.759. The molecule has 1 aromatic carbocycles. The Bertz CT molecular complexity index is 525. The van der Waals surface area contributed by atoms with E-state index >= 15 is 0 Å². The molecule has 0 saturated heterocycles. The second-order valence-electron chi connectivity index (χ2n) is 3.23. The van der Waals surface area contributed by atoms with Crippen LogP contribution in [0, 0.1) is 0 Å². The molecule has 0 radical (unpaired) electrons. The van der Waals surface area contributed by atoms with Crippen molar-refractivity contribution < 1.29 is 9.53 Å². The van der Waals surface area contributed by atoms with E-state index in [2.05, 4.69) is 16.3 Å². The van der Waals surface area contributed by atoms with E-state index in [4.69, 9.17) is 0 Å². The first-order valence-corrected chi connectivity index (χ1v) is 4.58. The van der Waals surface area contributed by atoms with Crippen molar-refractivity contribution in [2.45, 2.75) is 0 Å². The number of ether oxygens (including phenoxy) is 1. The maximum Gasteiger partial charge on any atom is 0.354 e. The zero-order valence-electron chi connectivity index (χ0n) is 8.41. The van der Waals surface area contributed by atoms with Crippen molar-refractivity contribution in [2.75, 3.05) is 7.11 Å². The van der Waals surface area contributed by atoms with Crippen LogP contribution in [0.4, 0.5) is 0 Å². The van der Waals surface area contributed by atoms with Gasteiger partial charge < -0.3 is 9.72 Å². The summed E-state index contributed by atoms with van der Waals surface area (Å²) in [5, 5.41) is 0.987. The molecule has 15 heavy (non-hydrogen) atoms. The lowest BCUT2D eigenvalue weighted by Gasteiger charge is -1.93. The van der Waals surface area contributed by atoms with Crippen molar-refractivity contribution in [3.63, 3.8) is 0 Å². The molecular formula is C12H11NO2. The fourth-order valence-electron chi connectivity index (χ4n) is 1.49. The summed E-state index contributed by atoms with van der Waals surface area (Å²) in [5.74, 6) is -0.355. The van der Waals surface area contributed by atoms with Crippen molar-refractivity contribution in [2.24, 2.45) is 0 Å². The van der Waals surface area contributed by atoms with E-state index in [0.717, 1.165) is 16.5 Å². The van der Waals surface area contributed by atoms with Crippen LogP contribution in [-0.2, 0) is 4.74 Å². The predicted octanol–water partition coefficient (Wildman–Crippen LogP) is 2.60. The van der Waals surface area contributed by atoms with E-state index < -0.39 is 0 Å². The average molecular weight is 201 g/mol. The molecule has 1 N–H and O–H groups in total. The third-order valence-electron chi connectivity index (χ3n) is 2.29. The van der Waals surface area contributed by atoms with Crippen molar-refractivity contribution >= 4 is 22.9 Å². The van der Waals surface area contributed by atoms with Crippen LogP contribution in [0.25, 0.3) is 17.0 Å². The first kappa shape index (κ1) is 9.52. The Morgan fingerprint density at radius 1 is 1.47 bits per heavy atom. The summed E-state index contributed by atoms with van der Waals surface area (Å²) in [6, 6.07) is 7.60. The molecule has 0 atom stereocenters. The van der Waals surface area contributed by atoms with Gasteiger partial charge in [0.15, 0.2) is 0 Å². The lowest BCUT2D eigenvalue weighted by Crippen LogP contribution is -2.00. The van der Waals surface area contributed by atoms with Crippen molar-refractivity contribution in [1.29, 1.82) is 0 Å². The van der Waals surface area contributed by atoms with Crippen LogP contribution in [0.1, 0.15) is 16.1 Å². The molecule has 0 aliphatic rings. The molecule has 0 amide bonds. The molecule has 2 rings (SSSR count). The van der Waals surface area contributed by atoms with E-state index in [1.54, 1.807) is 12.1 Å². The molecule has 0 saturated carbocycles. The average Bonchev–Trinajstić information content (AvgIpc) is 2.70. The molecular weight excluding hydrogens is 190 g/mol. The largest absolute Gasteiger partial charge is 0.464 e. The predicted molar refractivity (Wildman–Crippen MR) is 59.7 cm³/mol. The third-order valence-corrected chi connectivity index (χ3v) is 2.29. The van der Waals surface area contributed by atoms with E-state index in [-0.39, 0.29) is 5.97 Å². The smallest absolute Gasteiger partial charge is 0.354 e. The molecule has 0 aliphatic heterocycles. The van der Waals surface area contributed by atoms with Gasteiger partial charge in [0.1, 0.15) is 5.69 Å². The van der Waals surface area contributed by atoms with Crippen molar-refractivity contribution in [3.8, 4) is 0 Å². The Hall–Kier alpha value is -2.03. The van der Waals surface area contributed by atoms with E-state index in [1.165, 1.54) is 7.11 Å². The standard InChI is InChI=1S/C12H11NO2/c1-3-8-4-5-9-7-11(12(14)15-2)13-10(9)6-8/h3-7,13H,1H2,2H3. The van der Waals surface area contributed by atoms with E-state index in [0.29, 0.717) is 5.69 Å². The second-order valence-corrected chi connectivity index (χ2v) is 3.23. The summed E-state index contributed by atoms with van der Waals surface area (Å²) < 4.78 is 4.63. The van der Waals surface area contributed by atoms with Gasteiger partial charge in [0.05, 0.1) is 7.11 Å². The zero-order valence-corrected chi connectivity index (χ0v) is 8.41. The van der Waals surface area contributed by atoms with Gasteiger partial charge in [-0.05, 0) is 17.7 Å². The van der Waals surface area contributed by atoms with Gasteiger partial charge in [0.25, 0.3) is 0 Å². The van der Waals surface area contributed by atoms with Crippen LogP contribution < -0.4 is 0 Å². The minimum atomic E-state index is -0.355. The van der Waals surface area contributed by atoms with Crippen molar-refractivity contribution in [3.05, 3.63) is 42.1 Å². The van der Waals surface area contributed by atoms with Gasteiger partial charge in [-0.3, -0.25) is 0 Å². The van der Waals surface area contributed by atoms with E-state index in [9.17, 15) is 4.79 Å². The monoisotopic (exact) mass is 201 g/mol. The number of hydrogen-bond acceptors (Lipinski definition) is 2. The van der Waals surface area contributed by atoms with Crippen LogP contribution in [0.3, 0.4) is 0 Å². The molecule has 0 unspecified atom stereocenters. The molecule has 2 aromatic rings. The molecule has 3 nitrogen and oxygen atoms in total. The summed E-state index contributed by atoms with van der Waals surface area (Å²) in [6.45, 7) is 3.69. The lowest BCUT2D eigenvalue weighted by molar-refractivity contribution is 0.0595. The van der Waals surface area contributed by atoms with Crippen LogP contribution in [-0.4, -0.2) is 18.1 Å². The minimum Gasteiger partial charge on any atom is -0.464 e. The molecule has 3 heteroatoms. The Morgan fingerprint density at radius 2 is 2.27 bits per heavy atom. The van der Waals surface area contributed by atoms with Crippen LogP contribution in [0.2, 0.25) is 0 Å². The van der Waals surface area contributed by atoms with Crippen molar-refractivity contribution in [1.82, 2.24) is 4.98 Å². The topological polar surface area (TPSA) is 42.1 Å². The molecule has 0 bridgehead atoms. The number of rotatable bonds is 2. The second kappa shape index (κ2) is 3.61. The summed E-state index contributed by atoms with van der Waals surface area (Å²) >= 11 is 0. The van der Waals surface area contributed by atoms with Gasteiger partial charge in [0.2, 0.25) is 0 Å². The molecule has 1 heterocycles. The number of carbonyl (C=O) groups is 1. The lowest BCUT2D eigenvalue weighted by atomic mass is 10.1. The molecule has 0 fully saturated rings. The minimum absolute atomic E-state index is 0.355. The Labute approximate surface area is 87.4 Å². The highest BCUT2D eigenvalue weighted by Crippen LogP contribution is 2.18. The van der Waals surface area contributed by atoms with Crippen LogP contribution >= 0.6 is 0 Å². The maximum atomic E-state index is 11.3. The molecule has 76 valence electrons.